The van der Waals surface area contributed by atoms with Crippen molar-refractivity contribution in [1.82, 2.24) is 4.31 Å². The number of nitrogens with one attached hydrogen (secondary N) is 1. The van der Waals surface area contributed by atoms with Crippen LogP contribution in [0.5, 0.6) is 0 Å². The maximum Gasteiger partial charge on any atom is 0.242 e. The van der Waals surface area contributed by atoms with Gasteiger partial charge < -0.3 is 5.32 Å². The molecule has 0 saturated carbocycles. The van der Waals surface area contributed by atoms with E-state index in [-0.39, 0.29) is 16.6 Å². The third kappa shape index (κ3) is 5.47. The highest BCUT2D eigenvalue weighted by Crippen LogP contribution is 2.21. The monoisotopic (exact) mass is 398 g/mol. The lowest BCUT2D eigenvalue weighted by Crippen LogP contribution is -2.22. The Bertz CT molecular complexity index is 854. The number of amides is 1. The zero-order valence-electron chi connectivity index (χ0n) is 13.9. The Labute approximate surface area is 157 Å². The van der Waals surface area contributed by atoms with Crippen LogP contribution in [0.1, 0.15) is 5.56 Å². The largest absolute Gasteiger partial charge is 0.325 e. The maximum atomic E-state index is 12.1. The van der Waals surface area contributed by atoms with Gasteiger partial charge in [0.15, 0.2) is 0 Å². The molecule has 0 bridgehead atoms. The van der Waals surface area contributed by atoms with Crippen LogP contribution in [0.3, 0.4) is 0 Å². The smallest absolute Gasteiger partial charge is 0.242 e. The summed E-state index contributed by atoms with van der Waals surface area (Å²) >= 11 is 7.52. The molecule has 0 saturated heterocycles. The van der Waals surface area contributed by atoms with Crippen LogP contribution in [0.2, 0.25) is 5.02 Å². The Morgan fingerprint density at radius 2 is 1.88 bits per heavy atom. The lowest BCUT2D eigenvalue weighted by Gasteiger charge is -2.12. The number of halogens is 1. The molecule has 0 fully saturated rings. The fraction of sp³-hybridized carbons (Fsp3) is 0.235. The number of carbonyl (C=O) groups is 1. The van der Waals surface area contributed by atoms with Crippen LogP contribution in [0.25, 0.3) is 0 Å². The molecule has 0 unspecified atom stereocenters. The molecule has 0 heterocycles. The van der Waals surface area contributed by atoms with E-state index in [1.165, 1.54) is 38.0 Å². The highest BCUT2D eigenvalue weighted by atomic mass is 35.5. The van der Waals surface area contributed by atoms with Crippen molar-refractivity contribution in [3.63, 3.8) is 0 Å². The van der Waals surface area contributed by atoms with E-state index in [1.54, 1.807) is 12.1 Å². The molecule has 1 amide bonds. The van der Waals surface area contributed by atoms with Crippen molar-refractivity contribution in [2.24, 2.45) is 0 Å². The Morgan fingerprint density at radius 3 is 2.56 bits per heavy atom. The number of benzene rings is 2. The molecular formula is C17H19ClN2O3S2. The number of hydrogen-bond acceptors (Lipinski definition) is 4. The van der Waals surface area contributed by atoms with Crippen LogP contribution in [0, 0.1) is 0 Å². The van der Waals surface area contributed by atoms with Gasteiger partial charge in [-0.2, -0.15) is 0 Å². The Morgan fingerprint density at radius 1 is 1.16 bits per heavy atom. The molecule has 2 aromatic rings. The molecule has 0 atom stereocenters. The van der Waals surface area contributed by atoms with Crippen LogP contribution in [0.4, 0.5) is 5.69 Å². The van der Waals surface area contributed by atoms with Crippen LogP contribution in [-0.4, -0.2) is 38.5 Å². The molecule has 0 radical (unpaired) electrons. The number of nitrogens with zero attached hydrogens (tertiary/aromatic N) is 1. The van der Waals surface area contributed by atoms with Gasteiger partial charge in [-0.3, -0.25) is 4.79 Å². The quantitative estimate of drug-likeness (QED) is 0.775. The first-order valence-electron chi connectivity index (χ1n) is 7.44. The molecule has 5 nitrogen and oxygen atoms in total. The first-order chi connectivity index (χ1) is 11.8. The van der Waals surface area contributed by atoms with Crippen LogP contribution >= 0.6 is 23.4 Å². The normalized spacial score (nSPS) is 11.5. The summed E-state index contributed by atoms with van der Waals surface area (Å²) < 4.78 is 25.4. The van der Waals surface area contributed by atoms with Gasteiger partial charge in [0, 0.05) is 30.6 Å². The molecule has 2 rings (SSSR count). The average molecular weight is 399 g/mol. The lowest BCUT2D eigenvalue weighted by atomic mass is 10.2. The molecule has 8 heteroatoms. The van der Waals surface area contributed by atoms with Gasteiger partial charge in [0.2, 0.25) is 15.9 Å². The van der Waals surface area contributed by atoms with Crippen LogP contribution in [0.15, 0.2) is 53.4 Å². The molecule has 1 N–H and O–H groups in total. The molecule has 134 valence electrons. The van der Waals surface area contributed by atoms with Gasteiger partial charge in [-0.25, -0.2) is 12.7 Å². The maximum absolute atomic E-state index is 12.1. The first kappa shape index (κ1) is 19.8. The van der Waals surface area contributed by atoms with E-state index in [0.29, 0.717) is 16.5 Å². The van der Waals surface area contributed by atoms with Gasteiger partial charge >= 0.3 is 0 Å². The Kier molecular flexibility index (Phi) is 6.89. The molecule has 2 aromatic carbocycles. The Hall–Kier alpha value is -1.54. The SMILES string of the molecule is CN(C)S(=O)(=O)c1cccc(NC(=O)CSCc2ccccc2Cl)c1. The van der Waals surface area contributed by atoms with Crippen LogP contribution in [-0.2, 0) is 20.6 Å². The van der Waals surface area contributed by atoms with Crippen molar-refractivity contribution in [3.05, 3.63) is 59.1 Å². The van der Waals surface area contributed by atoms with Gasteiger partial charge in [-0.05, 0) is 29.8 Å². The minimum atomic E-state index is -3.53. The number of sulfonamides is 1. The molecule has 25 heavy (non-hydrogen) atoms. The van der Waals surface area contributed by atoms with Crippen molar-refractivity contribution in [2.75, 3.05) is 25.2 Å². The van der Waals surface area contributed by atoms with Gasteiger partial charge in [0.1, 0.15) is 0 Å². The second-order valence-corrected chi connectivity index (χ2v) is 8.99. The fourth-order valence-electron chi connectivity index (χ4n) is 2.01. The van der Waals surface area contributed by atoms with E-state index in [0.717, 1.165) is 9.87 Å². The van der Waals surface area contributed by atoms with Gasteiger partial charge in [-0.15, -0.1) is 11.8 Å². The van der Waals surface area contributed by atoms with Crippen LogP contribution < -0.4 is 5.32 Å². The van der Waals surface area contributed by atoms with Crippen molar-refractivity contribution >= 4 is 45.0 Å². The first-order valence-corrected chi connectivity index (χ1v) is 10.4. The fourth-order valence-corrected chi connectivity index (χ4v) is 4.07. The summed E-state index contributed by atoms with van der Waals surface area (Å²) in [6, 6.07) is 13.7. The second-order valence-electron chi connectivity index (χ2n) is 5.45. The summed E-state index contributed by atoms with van der Waals surface area (Å²) in [6.45, 7) is 0. The molecule has 0 spiro atoms. The number of carbonyl (C=O) groups excluding carboxylic acids is 1. The van der Waals surface area contributed by atoms with E-state index < -0.39 is 10.0 Å². The molecular weight excluding hydrogens is 380 g/mol. The third-order valence-corrected chi connectivity index (χ3v) is 6.51. The van der Waals surface area contributed by atoms with E-state index in [9.17, 15) is 13.2 Å². The zero-order chi connectivity index (χ0) is 18.4. The summed E-state index contributed by atoms with van der Waals surface area (Å²) in [6.07, 6.45) is 0. The van der Waals surface area contributed by atoms with Gasteiger partial charge in [-0.1, -0.05) is 35.9 Å². The Balaban J connectivity index is 1.94. The number of anilines is 1. The van der Waals surface area contributed by atoms with Gasteiger partial charge in [0.05, 0.1) is 10.6 Å². The lowest BCUT2D eigenvalue weighted by molar-refractivity contribution is -0.113. The predicted molar refractivity (Wildman–Crippen MR) is 104 cm³/mol. The molecule has 0 aromatic heterocycles. The minimum absolute atomic E-state index is 0.138. The number of thioether (sulfide) groups is 1. The summed E-state index contributed by atoms with van der Waals surface area (Å²) in [5, 5.41) is 3.40. The summed E-state index contributed by atoms with van der Waals surface area (Å²) in [7, 11) is -0.602. The summed E-state index contributed by atoms with van der Waals surface area (Å²) in [4.78, 5) is 12.2. The highest BCUT2D eigenvalue weighted by Gasteiger charge is 2.17. The van der Waals surface area contributed by atoms with Crippen molar-refractivity contribution in [2.45, 2.75) is 10.6 Å². The van der Waals surface area contributed by atoms with Gasteiger partial charge in [0.25, 0.3) is 0 Å². The van der Waals surface area contributed by atoms with E-state index in [2.05, 4.69) is 5.32 Å². The third-order valence-electron chi connectivity index (χ3n) is 3.34. The summed E-state index contributed by atoms with van der Waals surface area (Å²) in [5.41, 5.74) is 1.42. The molecule has 0 aliphatic rings. The minimum Gasteiger partial charge on any atom is -0.325 e. The molecule has 0 aliphatic heterocycles. The second kappa shape index (κ2) is 8.71. The number of rotatable bonds is 7. The average Bonchev–Trinajstić information content (AvgIpc) is 2.56. The van der Waals surface area contributed by atoms with Crippen molar-refractivity contribution in [3.8, 4) is 0 Å². The predicted octanol–water partition coefficient (Wildman–Crippen LogP) is 3.46. The van der Waals surface area contributed by atoms with E-state index in [4.69, 9.17) is 11.6 Å². The van der Waals surface area contributed by atoms with Crippen molar-refractivity contribution < 1.29 is 13.2 Å². The molecule has 0 aliphatic carbocycles. The van der Waals surface area contributed by atoms with Crippen molar-refractivity contribution in [1.29, 1.82) is 0 Å². The van der Waals surface area contributed by atoms with E-state index in [1.807, 2.05) is 24.3 Å². The topological polar surface area (TPSA) is 66.5 Å². The number of hydrogen-bond donors (Lipinski definition) is 1. The standard InChI is InChI=1S/C17H19ClN2O3S2/c1-20(2)25(22,23)15-8-5-7-14(10-15)19-17(21)12-24-11-13-6-3-4-9-16(13)18/h3-10H,11-12H2,1-2H3,(H,19,21). The summed E-state index contributed by atoms with van der Waals surface area (Å²) in [5.74, 6) is 0.675. The highest BCUT2D eigenvalue weighted by molar-refractivity contribution is 7.99. The zero-order valence-corrected chi connectivity index (χ0v) is 16.3. The van der Waals surface area contributed by atoms with E-state index >= 15 is 0 Å².